The number of Topliss-reactive ketones (excluding diaryl/α,β-unsaturated/α-hetero) is 1. The molecule has 0 saturated carbocycles. The van der Waals surface area contributed by atoms with Crippen molar-refractivity contribution in [3.05, 3.63) is 113 Å². The van der Waals surface area contributed by atoms with Gasteiger partial charge in [0.1, 0.15) is 11.3 Å². The lowest BCUT2D eigenvalue weighted by atomic mass is 9.85. The quantitative estimate of drug-likeness (QED) is 0.223. The smallest absolute Gasteiger partial charge is 0.295 e. The molecule has 6 heteroatoms. The molecular formula is C31H31N3O3. The second-order valence-corrected chi connectivity index (χ2v) is 10.6. The molecule has 2 aromatic heterocycles. The maximum atomic E-state index is 13.5. The number of ketones is 1. The summed E-state index contributed by atoms with van der Waals surface area (Å²) in [6.45, 7) is 8.56. The Kier molecular flexibility index (Phi) is 6.20. The number of fused-ring (bicyclic) bond motifs is 1. The minimum absolute atomic E-state index is 0.0404. The van der Waals surface area contributed by atoms with Gasteiger partial charge < -0.3 is 10.0 Å². The summed E-state index contributed by atoms with van der Waals surface area (Å²) in [5.41, 5.74) is 4.73. The molecule has 4 aromatic rings. The van der Waals surface area contributed by atoms with Crippen molar-refractivity contribution in [1.29, 1.82) is 0 Å². The van der Waals surface area contributed by atoms with Gasteiger partial charge >= 0.3 is 0 Å². The zero-order valence-corrected chi connectivity index (χ0v) is 21.6. The summed E-state index contributed by atoms with van der Waals surface area (Å²) in [6.07, 6.45) is 2.39. The van der Waals surface area contributed by atoms with Crippen molar-refractivity contribution in [3.8, 4) is 0 Å². The van der Waals surface area contributed by atoms with Gasteiger partial charge in [-0.25, -0.2) is 4.98 Å². The number of carbonyl (C=O) groups excluding carboxylic acids is 2. The van der Waals surface area contributed by atoms with Crippen LogP contribution in [0, 0.1) is 6.92 Å². The number of benzene rings is 2. The molecule has 1 N–H and O–H groups in total. The highest BCUT2D eigenvalue weighted by Crippen LogP contribution is 2.40. The molecular weight excluding hydrogens is 462 g/mol. The van der Waals surface area contributed by atoms with Gasteiger partial charge in [-0.2, -0.15) is 0 Å². The molecule has 6 nitrogen and oxygen atoms in total. The van der Waals surface area contributed by atoms with Gasteiger partial charge in [-0.1, -0.05) is 81.4 Å². The van der Waals surface area contributed by atoms with E-state index in [0.29, 0.717) is 30.0 Å². The van der Waals surface area contributed by atoms with Crippen LogP contribution in [0.25, 0.3) is 11.4 Å². The molecule has 0 radical (unpaired) electrons. The number of imidazole rings is 1. The molecule has 188 valence electrons. The van der Waals surface area contributed by atoms with Crippen LogP contribution in [0.3, 0.4) is 0 Å². The van der Waals surface area contributed by atoms with Crippen molar-refractivity contribution >= 4 is 23.1 Å². The average molecular weight is 494 g/mol. The molecule has 3 heterocycles. The summed E-state index contributed by atoms with van der Waals surface area (Å²) >= 11 is 0. The van der Waals surface area contributed by atoms with Crippen LogP contribution in [0.4, 0.5) is 0 Å². The largest absolute Gasteiger partial charge is 0.505 e. The van der Waals surface area contributed by atoms with Crippen LogP contribution >= 0.6 is 0 Å². The van der Waals surface area contributed by atoms with E-state index < -0.39 is 17.7 Å². The number of nitrogens with zero attached hydrogens (tertiary/aromatic N) is 3. The maximum Gasteiger partial charge on any atom is 0.295 e. The first kappa shape index (κ1) is 24.5. The minimum atomic E-state index is -0.702. The van der Waals surface area contributed by atoms with E-state index in [4.69, 9.17) is 0 Å². The van der Waals surface area contributed by atoms with E-state index in [2.05, 4.69) is 25.8 Å². The highest BCUT2D eigenvalue weighted by molar-refractivity contribution is 6.46. The summed E-state index contributed by atoms with van der Waals surface area (Å²) in [6, 6.07) is 22.7. The second kappa shape index (κ2) is 9.36. The van der Waals surface area contributed by atoms with E-state index >= 15 is 0 Å². The summed E-state index contributed by atoms with van der Waals surface area (Å²) < 4.78 is 1.75. The number of rotatable bonds is 5. The van der Waals surface area contributed by atoms with Crippen molar-refractivity contribution in [2.75, 3.05) is 6.54 Å². The predicted molar refractivity (Wildman–Crippen MR) is 144 cm³/mol. The van der Waals surface area contributed by atoms with Gasteiger partial charge in [-0.05, 0) is 47.6 Å². The third-order valence-electron chi connectivity index (χ3n) is 7.05. The van der Waals surface area contributed by atoms with Crippen molar-refractivity contribution in [3.63, 3.8) is 0 Å². The summed E-state index contributed by atoms with van der Waals surface area (Å²) in [5, 5.41) is 11.6. The minimum Gasteiger partial charge on any atom is -0.505 e. The Bertz CT molecular complexity index is 1510. The molecule has 0 spiro atoms. The molecule has 1 aliphatic rings. The third kappa shape index (κ3) is 4.44. The van der Waals surface area contributed by atoms with Crippen molar-refractivity contribution < 1.29 is 14.7 Å². The number of aliphatic hydroxyl groups is 1. The van der Waals surface area contributed by atoms with Gasteiger partial charge in [0.25, 0.3) is 11.7 Å². The summed E-state index contributed by atoms with van der Waals surface area (Å²) in [5.74, 6) is -1.49. The van der Waals surface area contributed by atoms with E-state index in [1.807, 2.05) is 72.8 Å². The number of aliphatic hydroxyl groups excluding tert-OH is 1. The molecule has 5 rings (SSSR count). The number of pyridine rings is 1. The van der Waals surface area contributed by atoms with Crippen LogP contribution in [0.1, 0.15) is 54.9 Å². The van der Waals surface area contributed by atoms with Gasteiger partial charge in [-0.3, -0.25) is 14.0 Å². The molecule has 1 saturated heterocycles. The van der Waals surface area contributed by atoms with Crippen LogP contribution in [-0.2, 0) is 21.4 Å². The topological polar surface area (TPSA) is 74.9 Å². The average Bonchev–Trinajstić information content (AvgIpc) is 3.35. The first-order valence-corrected chi connectivity index (χ1v) is 12.5. The molecule has 2 aromatic carbocycles. The lowest BCUT2D eigenvalue weighted by molar-refractivity contribution is -0.139. The van der Waals surface area contributed by atoms with Crippen LogP contribution in [0.15, 0.2) is 84.6 Å². The normalized spacial score (nSPS) is 17.6. The van der Waals surface area contributed by atoms with Crippen molar-refractivity contribution in [2.45, 2.75) is 45.6 Å². The van der Waals surface area contributed by atoms with E-state index in [9.17, 15) is 14.7 Å². The van der Waals surface area contributed by atoms with E-state index in [-0.39, 0.29) is 16.7 Å². The Morgan fingerprint density at radius 1 is 0.946 bits per heavy atom. The van der Waals surface area contributed by atoms with Crippen LogP contribution in [-0.4, -0.2) is 37.6 Å². The molecule has 1 aliphatic heterocycles. The van der Waals surface area contributed by atoms with Gasteiger partial charge in [0, 0.05) is 12.7 Å². The van der Waals surface area contributed by atoms with Crippen molar-refractivity contribution in [2.24, 2.45) is 0 Å². The van der Waals surface area contributed by atoms with E-state index in [0.717, 1.165) is 16.7 Å². The zero-order chi connectivity index (χ0) is 26.3. The SMILES string of the molecule is Cc1nc2ccccn2c1C(O)=C1C(=O)C(=O)N(CCc2ccccc2)C1c1ccc(C(C)(C)C)cc1. The molecule has 1 atom stereocenters. The number of aromatic nitrogens is 2. The van der Waals surface area contributed by atoms with Crippen LogP contribution in [0.5, 0.6) is 0 Å². The number of amides is 1. The number of hydrogen-bond donors (Lipinski definition) is 1. The first-order valence-electron chi connectivity index (χ1n) is 12.5. The first-order chi connectivity index (χ1) is 17.7. The lowest BCUT2D eigenvalue weighted by Crippen LogP contribution is -2.31. The fraction of sp³-hybridized carbons (Fsp3) is 0.258. The van der Waals surface area contributed by atoms with Crippen molar-refractivity contribution in [1.82, 2.24) is 14.3 Å². The molecule has 37 heavy (non-hydrogen) atoms. The summed E-state index contributed by atoms with van der Waals surface area (Å²) in [4.78, 5) is 33.0. The lowest BCUT2D eigenvalue weighted by Gasteiger charge is -2.26. The second-order valence-electron chi connectivity index (χ2n) is 10.6. The van der Waals surface area contributed by atoms with Gasteiger partial charge in [0.05, 0.1) is 17.3 Å². The standard InChI is InChI=1S/C31H31N3O3/c1-20-26(33-18-9-8-12-24(33)32-20)28(35)25-27(22-13-15-23(16-14-22)31(2,3)4)34(30(37)29(25)36)19-17-21-10-6-5-7-11-21/h5-16,18,27,35H,17,19H2,1-4H3. The molecule has 0 bridgehead atoms. The molecule has 1 amide bonds. The molecule has 1 fully saturated rings. The summed E-state index contributed by atoms with van der Waals surface area (Å²) in [7, 11) is 0. The molecule has 0 aliphatic carbocycles. The van der Waals surface area contributed by atoms with Crippen LogP contribution < -0.4 is 0 Å². The van der Waals surface area contributed by atoms with Gasteiger partial charge in [0.15, 0.2) is 5.76 Å². The number of aryl methyl sites for hydroxylation is 1. The number of carbonyl (C=O) groups is 2. The van der Waals surface area contributed by atoms with Gasteiger partial charge in [0.2, 0.25) is 0 Å². The Balaban J connectivity index is 1.65. The Morgan fingerprint density at radius 3 is 2.30 bits per heavy atom. The van der Waals surface area contributed by atoms with E-state index in [1.54, 1.807) is 22.4 Å². The molecule has 1 unspecified atom stereocenters. The Labute approximate surface area is 216 Å². The highest BCUT2D eigenvalue weighted by Gasteiger charge is 2.46. The van der Waals surface area contributed by atoms with E-state index in [1.165, 1.54) is 0 Å². The highest BCUT2D eigenvalue weighted by atomic mass is 16.3. The van der Waals surface area contributed by atoms with Crippen LogP contribution in [0.2, 0.25) is 0 Å². The Hall–Kier alpha value is -4.19. The monoisotopic (exact) mass is 493 g/mol. The van der Waals surface area contributed by atoms with Gasteiger partial charge in [-0.15, -0.1) is 0 Å². The zero-order valence-electron chi connectivity index (χ0n) is 21.6. The number of likely N-dealkylation sites (tertiary alicyclic amines) is 1. The fourth-order valence-electron chi connectivity index (χ4n) is 5.04. The third-order valence-corrected chi connectivity index (χ3v) is 7.05. The Morgan fingerprint density at radius 2 is 1.62 bits per heavy atom. The fourth-order valence-corrected chi connectivity index (χ4v) is 5.04. The predicted octanol–water partition coefficient (Wildman–Crippen LogP) is 5.60. The number of hydrogen-bond acceptors (Lipinski definition) is 4. The maximum absolute atomic E-state index is 13.5.